The van der Waals surface area contributed by atoms with Crippen molar-refractivity contribution in [3.05, 3.63) is 24.3 Å². The van der Waals surface area contributed by atoms with E-state index in [1.54, 1.807) is 12.1 Å². The van der Waals surface area contributed by atoms with Crippen LogP contribution >= 0.6 is 0 Å². The first-order valence-electron chi connectivity index (χ1n) is 6.54. The molecule has 0 saturated heterocycles. The second-order valence-electron chi connectivity index (χ2n) is 4.95. The van der Waals surface area contributed by atoms with Crippen LogP contribution in [0, 0.1) is 0 Å². The van der Waals surface area contributed by atoms with Crippen molar-refractivity contribution < 1.29 is 14.3 Å². The van der Waals surface area contributed by atoms with Crippen LogP contribution in [0.3, 0.4) is 0 Å². The Morgan fingerprint density at radius 3 is 2.90 bits per heavy atom. The van der Waals surface area contributed by atoms with Crippen molar-refractivity contribution in [3.8, 4) is 5.75 Å². The van der Waals surface area contributed by atoms with E-state index in [1.807, 2.05) is 31.1 Å². The lowest BCUT2D eigenvalue weighted by atomic mass is 10.1. The van der Waals surface area contributed by atoms with E-state index < -0.39 is 6.10 Å². The molecule has 6 nitrogen and oxygen atoms in total. The Morgan fingerprint density at radius 1 is 1.40 bits per heavy atom. The summed E-state index contributed by atoms with van der Waals surface area (Å²) in [6.45, 7) is 1.31. The van der Waals surface area contributed by atoms with Gasteiger partial charge in [-0.3, -0.25) is 9.59 Å². The zero-order chi connectivity index (χ0) is 14.5. The van der Waals surface area contributed by atoms with E-state index >= 15 is 0 Å². The highest BCUT2D eigenvalue weighted by Crippen LogP contribution is 2.29. The number of hydrogen-bond donors (Lipinski definition) is 2. The van der Waals surface area contributed by atoms with Crippen LogP contribution in [0.15, 0.2) is 24.3 Å². The first kappa shape index (κ1) is 14.3. The van der Waals surface area contributed by atoms with Gasteiger partial charge in [0.25, 0.3) is 5.91 Å². The lowest BCUT2D eigenvalue weighted by Gasteiger charge is -2.25. The summed E-state index contributed by atoms with van der Waals surface area (Å²) in [6, 6.07) is 7.17. The third-order valence-corrected chi connectivity index (χ3v) is 2.96. The predicted octanol–water partition coefficient (Wildman–Crippen LogP) is 0.454. The number of carbonyl (C=O) groups is 2. The molecule has 0 radical (unpaired) electrons. The van der Waals surface area contributed by atoms with Crippen LogP contribution in [-0.2, 0) is 9.59 Å². The standard InChI is InChI=1S/C14H19N3O3/c1-17(2)8-7-15-13(18)9-12-14(19)16-10-5-3-4-6-11(10)20-12/h3-6,12H,7-9H2,1-2H3,(H,15,18)(H,16,19). The number of nitrogens with zero attached hydrogens (tertiary/aromatic N) is 1. The maximum Gasteiger partial charge on any atom is 0.266 e. The first-order chi connectivity index (χ1) is 9.56. The summed E-state index contributed by atoms with van der Waals surface area (Å²) in [5, 5.41) is 5.50. The second-order valence-corrected chi connectivity index (χ2v) is 4.95. The quantitative estimate of drug-likeness (QED) is 0.820. The summed E-state index contributed by atoms with van der Waals surface area (Å²) in [5.74, 6) is 0.121. The molecule has 2 N–H and O–H groups in total. The van der Waals surface area contributed by atoms with Crippen LogP contribution in [0.25, 0.3) is 0 Å². The largest absolute Gasteiger partial charge is 0.478 e. The molecule has 0 fully saturated rings. The summed E-state index contributed by atoms with van der Waals surface area (Å²) in [7, 11) is 3.86. The van der Waals surface area contributed by atoms with Gasteiger partial charge in [-0.2, -0.15) is 0 Å². The van der Waals surface area contributed by atoms with E-state index in [9.17, 15) is 9.59 Å². The minimum Gasteiger partial charge on any atom is -0.478 e. The summed E-state index contributed by atoms with van der Waals surface area (Å²) in [4.78, 5) is 25.6. The van der Waals surface area contributed by atoms with E-state index in [0.717, 1.165) is 6.54 Å². The monoisotopic (exact) mass is 277 g/mol. The Bertz CT molecular complexity index is 502. The van der Waals surface area contributed by atoms with E-state index in [4.69, 9.17) is 4.74 Å². The van der Waals surface area contributed by atoms with Crippen LogP contribution < -0.4 is 15.4 Å². The molecule has 2 amide bonds. The molecule has 0 aliphatic carbocycles. The number of ether oxygens (including phenoxy) is 1. The van der Waals surface area contributed by atoms with Gasteiger partial charge in [-0.25, -0.2) is 0 Å². The first-order valence-corrected chi connectivity index (χ1v) is 6.54. The molecule has 20 heavy (non-hydrogen) atoms. The Kier molecular flexibility index (Phi) is 4.57. The fourth-order valence-electron chi connectivity index (χ4n) is 1.89. The van der Waals surface area contributed by atoms with Crippen molar-refractivity contribution in [2.24, 2.45) is 0 Å². The van der Waals surface area contributed by atoms with Crippen molar-refractivity contribution >= 4 is 17.5 Å². The average molecular weight is 277 g/mol. The number of para-hydroxylation sites is 2. The predicted molar refractivity (Wildman–Crippen MR) is 75.7 cm³/mol. The van der Waals surface area contributed by atoms with Gasteiger partial charge in [0, 0.05) is 13.1 Å². The van der Waals surface area contributed by atoms with Gasteiger partial charge < -0.3 is 20.3 Å². The third kappa shape index (κ3) is 3.71. The Morgan fingerprint density at radius 2 is 2.15 bits per heavy atom. The normalized spacial score (nSPS) is 17.1. The Labute approximate surface area is 118 Å². The van der Waals surface area contributed by atoms with Gasteiger partial charge in [0.15, 0.2) is 6.10 Å². The van der Waals surface area contributed by atoms with Crippen LogP contribution in [-0.4, -0.2) is 50.0 Å². The fourth-order valence-corrected chi connectivity index (χ4v) is 1.89. The molecule has 0 aromatic heterocycles. The Hall–Kier alpha value is -2.08. The molecule has 0 bridgehead atoms. The van der Waals surface area contributed by atoms with Gasteiger partial charge in [-0.15, -0.1) is 0 Å². The second kappa shape index (κ2) is 6.38. The number of benzene rings is 1. The minimum atomic E-state index is -0.774. The molecule has 1 unspecified atom stereocenters. The number of carbonyl (C=O) groups excluding carboxylic acids is 2. The number of likely N-dealkylation sites (N-methyl/N-ethyl adjacent to an activating group) is 1. The molecule has 1 aromatic carbocycles. The summed E-state index contributed by atoms with van der Waals surface area (Å²) in [6.07, 6.45) is -0.752. The Balaban J connectivity index is 1.87. The number of hydrogen-bond acceptors (Lipinski definition) is 4. The number of amides is 2. The van der Waals surface area contributed by atoms with E-state index in [1.165, 1.54) is 0 Å². The summed E-state index contributed by atoms with van der Waals surface area (Å²) >= 11 is 0. The number of anilines is 1. The van der Waals surface area contributed by atoms with Crippen LogP contribution in [0.5, 0.6) is 5.75 Å². The van der Waals surface area contributed by atoms with Crippen molar-refractivity contribution in [1.82, 2.24) is 10.2 Å². The molecular formula is C14H19N3O3. The van der Waals surface area contributed by atoms with Gasteiger partial charge in [0.05, 0.1) is 12.1 Å². The van der Waals surface area contributed by atoms with Gasteiger partial charge in [-0.1, -0.05) is 12.1 Å². The topological polar surface area (TPSA) is 70.7 Å². The smallest absolute Gasteiger partial charge is 0.266 e. The molecule has 108 valence electrons. The van der Waals surface area contributed by atoms with Gasteiger partial charge in [0.1, 0.15) is 5.75 Å². The third-order valence-electron chi connectivity index (χ3n) is 2.96. The molecular weight excluding hydrogens is 258 g/mol. The van der Waals surface area contributed by atoms with Gasteiger partial charge >= 0.3 is 0 Å². The number of nitrogens with one attached hydrogen (secondary N) is 2. The highest BCUT2D eigenvalue weighted by molar-refractivity contribution is 5.99. The average Bonchev–Trinajstić information content (AvgIpc) is 2.39. The molecule has 0 spiro atoms. The molecule has 1 heterocycles. The molecule has 2 rings (SSSR count). The minimum absolute atomic E-state index is 0.0214. The molecule has 0 saturated carbocycles. The van der Waals surface area contributed by atoms with Crippen molar-refractivity contribution in [2.75, 3.05) is 32.5 Å². The molecule has 1 aliphatic rings. The zero-order valence-corrected chi connectivity index (χ0v) is 11.7. The van der Waals surface area contributed by atoms with Crippen LogP contribution in [0.1, 0.15) is 6.42 Å². The SMILES string of the molecule is CN(C)CCNC(=O)CC1Oc2ccccc2NC1=O. The number of fused-ring (bicyclic) bond motifs is 1. The lowest BCUT2D eigenvalue weighted by Crippen LogP contribution is -2.41. The maximum absolute atomic E-state index is 11.9. The zero-order valence-electron chi connectivity index (χ0n) is 11.7. The van der Waals surface area contributed by atoms with Gasteiger partial charge in [-0.05, 0) is 26.2 Å². The fraction of sp³-hybridized carbons (Fsp3) is 0.429. The molecule has 1 aromatic rings. The van der Waals surface area contributed by atoms with E-state index in [2.05, 4.69) is 10.6 Å². The number of rotatable bonds is 5. The lowest BCUT2D eigenvalue weighted by molar-refractivity contribution is -0.130. The van der Waals surface area contributed by atoms with Gasteiger partial charge in [0.2, 0.25) is 5.91 Å². The summed E-state index contributed by atoms with van der Waals surface area (Å²) < 4.78 is 5.56. The summed E-state index contributed by atoms with van der Waals surface area (Å²) in [5.41, 5.74) is 0.641. The highest BCUT2D eigenvalue weighted by Gasteiger charge is 2.29. The molecule has 6 heteroatoms. The van der Waals surface area contributed by atoms with Crippen molar-refractivity contribution in [3.63, 3.8) is 0 Å². The van der Waals surface area contributed by atoms with E-state index in [0.29, 0.717) is 18.0 Å². The highest BCUT2D eigenvalue weighted by atomic mass is 16.5. The van der Waals surface area contributed by atoms with E-state index in [-0.39, 0.29) is 18.2 Å². The van der Waals surface area contributed by atoms with Crippen LogP contribution in [0.4, 0.5) is 5.69 Å². The van der Waals surface area contributed by atoms with Crippen molar-refractivity contribution in [2.45, 2.75) is 12.5 Å². The molecule has 1 atom stereocenters. The molecule has 1 aliphatic heterocycles. The van der Waals surface area contributed by atoms with Crippen LogP contribution in [0.2, 0.25) is 0 Å². The van der Waals surface area contributed by atoms with Crippen molar-refractivity contribution in [1.29, 1.82) is 0 Å². The maximum atomic E-state index is 11.9.